The fraction of sp³-hybridized carbons (Fsp3) is 0.333. The van der Waals surface area contributed by atoms with Crippen molar-refractivity contribution in [2.75, 3.05) is 0 Å². The number of carbonyl (C=O) groups excluding carboxylic acids is 2. The van der Waals surface area contributed by atoms with Gasteiger partial charge in [-0.3, -0.25) is 9.59 Å². The van der Waals surface area contributed by atoms with Gasteiger partial charge in [-0.25, -0.2) is 0 Å². The Labute approximate surface area is 105 Å². The van der Waals surface area contributed by atoms with Crippen molar-refractivity contribution >= 4 is 17.5 Å². The highest BCUT2D eigenvalue weighted by atomic mass is 16.6. The number of allylic oxidation sites excluding steroid dienone is 2. The molecule has 1 aromatic carbocycles. The zero-order valence-corrected chi connectivity index (χ0v) is 9.96. The molecule has 1 aliphatic carbocycles. The summed E-state index contributed by atoms with van der Waals surface area (Å²) in [6.07, 6.45) is 4.30. The Morgan fingerprint density at radius 1 is 1.00 bits per heavy atom. The molecule has 0 amide bonds. The van der Waals surface area contributed by atoms with Crippen molar-refractivity contribution in [2.24, 2.45) is 11.8 Å². The molecule has 0 N–H and O–H groups in total. The Balaban J connectivity index is 1.89. The zero-order valence-electron chi connectivity index (χ0n) is 9.96. The fourth-order valence-electron chi connectivity index (χ4n) is 2.77. The molecular weight excluding hydrogens is 228 g/mol. The van der Waals surface area contributed by atoms with E-state index in [1.807, 2.05) is 30.3 Å². The Morgan fingerprint density at radius 3 is 2.50 bits per heavy atom. The van der Waals surface area contributed by atoms with Gasteiger partial charge in [0.05, 0.1) is 11.8 Å². The summed E-state index contributed by atoms with van der Waals surface area (Å²) in [5.74, 6) is -1.22. The lowest BCUT2D eigenvalue weighted by Crippen LogP contribution is -2.16. The van der Waals surface area contributed by atoms with Crippen LogP contribution < -0.4 is 0 Å². The minimum atomic E-state index is -0.353. The third-order valence-electron chi connectivity index (χ3n) is 3.75. The van der Waals surface area contributed by atoms with Crippen molar-refractivity contribution in [3.8, 4) is 0 Å². The van der Waals surface area contributed by atoms with E-state index in [0.717, 1.165) is 17.6 Å². The van der Waals surface area contributed by atoms with E-state index in [2.05, 4.69) is 6.08 Å². The highest BCUT2D eigenvalue weighted by Crippen LogP contribution is 2.38. The number of rotatable bonds is 1. The topological polar surface area (TPSA) is 43.4 Å². The first kappa shape index (κ1) is 11.2. The molecule has 3 nitrogen and oxygen atoms in total. The quantitative estimate of drug-likeness (QED) is 0.561. The third kappa shape index (κ3) is 1.86. The van der Waals surface area contributed by atoms with Crippen LogP contribution in [0.1, 0.15) is 24.8 Å². The number of esters is 2. The van der Waals surface area contributed by atoms with Gasteiger partial charge in [0.15, 0.2) is 0 Å². The molecule has 1 heterocycles. The fourth-order valence-corrected chi connectivity index (χ4v) is 2.77. The number of carbonyl (C=O) groups is 2. The summed E-state index contributed by atoms with van der Waals surface area (Å²) in [5.41, 5.74) is 2.28. The molecule has 0 spiro atoms. The van der Waals surface area contributed by atoms with Crippen LogP contribution in [0.4, 0.5) is 0 Å². The van der Waals surface area contributed by atoms with Crippen LogP contribution in [0.2, 0.25) is 0 Å². The molecule has 92 valence electrons. The molecule has 1 fully saturated rings. The maximum Gasteiger partial charge on any atom is 0.317 e. The van der Waals surface area contributed by atoms with E-state index < -0.39 is 0 Å². The Kier molecular flexibility index (Phi) is 2.74. The van der Waals surface area contributed by atoms with Gasteiger partial charge in [-0.2, -0.15) is 0 Å². The molecule has 3 heteroatoms. The van der Waals surface area contributed by atoms with Gasteiger partial charge in [-0.05, 0) is 30.4 Å². The van der Waals surface area contributed by atoms with E-state index in [1.165, 1.54) is 0 Å². The smallest absolute Gasteiger partial charge is 0.317 e. The van der Waals surface area contributed by atoms with Crippen LogP contribution in [-0.4, -0.2) is 11.9 Å². The second-order valence-corrected chi connectivity index (χ2v) is 4.83. The van der Waals surface area contributed by atoms with Crippen molar-refractivity contribution in [1.82, 2.24) is 0 Å². The van der Waals surface area contributed by atoms with Crippen molar-refractivity contribution < 1.29 is 14.3 Å². The first-order chi connectivity index (χ1) is 8.75. The predicted molar refractivity (Wildman–Crippen MR) is 66.3 cm³/mol. The maximum absolute atomic E-state index is 11.7. The second kappa shape index (κ2) is 4.41. The second-order valence-electron chi connectivity index (χ2n) is 4.83. The van der Waals surface area contributed by atoms with Gasteiger partial charge in [0.2, 0.25) is 0 Å². The van der Waals surface area contributed by atoms with Gasteiger partial charge in [0, 0.05) is 0 Å². The van der Waals surface area contributed by atoms with Crippen LogP contribution in [0.3, 0.4) is 0 Å². The average Bonchev–Trinajstić information content (AvgIpc) is 2.59. The van der Waals surface area contributed by atoms with Gasteiger partial charge in [-0.1, -0.05) is 36.4 Å². The third-order valence-corrected chi connectivity index (χ3v) is 3.75. The van der Waals surface area contributed by atoms with Crippen molar-refractivity contribution in [1.29, 1.82) is 0 Å². The SMILES string of the molecule is O=C1OC(=O)C2CC(c3ccccc3)=CCCC12. The molecule has 2 aliphatic rings. The van der Waals surface area contributed by atoms with Gasteiger partial charge in [0.1, 0.15) is 0 Å². The highest BCUT2D eigenvalue weighted by molar-refractivity contribution is 5.97. The van der Waals surface area contributed by atoms with E-state index >= 15 is 0 Å². The Morgan fingerprint density at radius 2 is 1.72 bits per heavy atom. The lowest BCUT2D eigenvalue weighted by atomic mass is 9.87. The van der Waals surface area contributed by atoms with Crippen LogP contribution in [0.15, 0.2) is 36.4 Å². The van der Waals surface area contributed by atoms with E-state index in [0.29, 0.717) is 12.8 Å². The summed E-state index contributed by atoms with van der Waals surface area (Å²) >= 11 is 0. The molecule has 1 aromatic rings. The lowest BCUT2D eigenvalue weighted by Gasteiger charge is -2.11. The summed E-state index contributed by atoms with van der Waals surface area (Å²) in [6.45, 7) is 0. The minimum Gasteiger partial charge on any atom is -0.393 e. The number of benzene rings is 1. The lowest BCUT2D eigenvalue weighted by molar-refractivity contribution is -0.153. The molecule has 18 heavy (non-hydrogen) atoms. The van der Waals surface area contributed by atoms with E-state index in [4.69, 9.17) is 4.74 Å². The summed E-state index contributed by atoms with van der Waals surface area (Å²) < 4.78 is 4.74. The predicted octanol–water partition coefficient (Wildman–Crippen LogP) is 2.57. The normalized spacial score (nSPS) is 27.2. The standard InChI is InChI=1S/C15H14O3/c16-14-12-8-4-7-11(9-13(12)15(17)18-14)10-5-2-1-3-6-10/h1-3,5-7,12-13H,4,8-9H2. The van der Waals surface area contributed by atoms with Crippen LogP contribution in [-0.2, 0) is 14.3 Å². The number of ether oxygens (including phenoxy) is 1. The molecule has 0 bridgehead atoms. The summed E-state index contributed by atoms with van der Waals surface area (Å²) in [6, 6.07) is 10.0. The van der Waals surface area contributed by atoms with Gasteiger partial charge >= 0.3 is 11.9 Å². The highest BCUT2D eigenvalue weighted by Gasteiger charge is 2.44. The van der Waals surface area contributed by atoms with E-state index in [-0.39, 0.29) is 23.8 Å². The molecule has 1 saturated heterocycles. The Hall–Kier alpha value is -1.90. The number of cyclic esters (lactones) is 2. The van der Waals surface area contributed by atoms with E-state index in [9.17, 15) is 9.59 Å². The summed E-state index contributed by atoms with van der Waals surface area (Å²) in [5, 5.41) is 0. The summed E-state index contributed by atoms with van der Waals surface area (Å²) in [4.78, 5) is 23.2. The molecule has 0 radical (unpaired) electrons. The summed E-state index contributed by atoms with van der Waals surface area (Å²) in [7, 11) is 0. The molecule has 3 rings (SSSR count). The van der Waals surface area contributed by atoms with Crippen LogP contribution in [0.5, 0.6) is 0 Å². The number of fused-ring (bicyclic) bond motifs is 1. The Bertz CT molecular complexity index is 516. The minimum absolute atomic E-state index is 0.241. The molecule has 0 saturated carbocycles. The van der Waals surface area contributed by atoms with Gasteiger partial charge < -0.3 is 4.74 Å². The van der Waals surface area contributed by atoms with Gasteiger partial charge in [-0.15, -0.1) is 0 Å². The monoisotopic (exact) mass is 242 g/mol. The zero-order chi connectivity index (χ0) is 12.5. The van der Waals surface area contributed by atoms with Gasteiger partial charge in [0.25, 0.3) is 0 Å². The largest absolute Gasteiger partial charge is 0.393 e. The molecular formula is C15H14O3. The van der Waals surface area contributed by atoms with Crippen molar-refractivity contribution in [2.45, 2.75) is 19.3 Å². The average molecular weight is 242 g/mol. The molecule has 1 aliphatic heterocycles. The number of hydrogen-bond acceptors (Lipinski definition) is 3. The van der Waals surface area contributed by atoms with E-state index in [1.54, 1.807) is 0 Å². The molecule has 0 aromatic heterocycles. The number of hydrogen-bond donors (Lipinski definition) is 0. The van der Waals surface area contributed by atoms with Crippen LogP contribution >= 0.6 is 0 Å². The maximum atomic E-state index is 11.7. The molecule has 2 atom stereocenters. The van der Waals surface area contributed by atoms with Crippen molar-refractivity contribution in [3.05, 3.63) is 42.0 Å². The van der Waals surface area contributed by atoms with Crippen molar-refractivity contribution in [3.63, 3.8) is 0 Å². The van der Waals surface area contributed by atoms with Crippen LogP contribution in [0, 0.1) is 11.8 Å². The first-order valence-electron chi connectivity index (χ1n) is 6.25. The van der Waals surface area contributed by atoms with Crippen LogP contribution in [0.25, 0.3) is 5.57 Å². The molecule has 2 unspecified atom stereocenters. The first-order valence-corrected chi connectivity index (χ1v) is 6.25.